The summed E-state index contributed by atoms with van der Waals surface area (Å²) >= 11 is 0. The molecule has 0 spiro atoms. The predicted octanol–water partition coefficient (Wildman–Crippen LogP) is 1.47. The number of carbonyl (C=O) groups excluding carboxylic acids is 2. The minimum atomic E-state index is -0.650. The lowest BCUT2D eigenvalue weighted by Gasteiger charge is -2.28. The molecule has 1 fully saturated rings. The highest BCUT2D eigenvalue weighted by atomic mass is 16.5. The maximum Gasteiger partial charge on any atom is 0.252 e. The topological polar surface area (TPSA) is 111 Å². The van der Waals surface area contributed by atoms with Crippen LogP contribution in [0.5, 0.6) is 11.5 Å². The Kier molecular flexibility index (Phi) is 6.31. The molecule has 8 nitrogen and oxygen atoms in total. The van der Waals surface area contributed by atoms with E-state index >= 15 is 0 Å². The Morgan fingerprint density at radius 3 is 2.65 bits per heavy atom. The molecule has 2 heterocycles. The van der Waals surface area contributed by atoms with Crippen LogP contribution in [0.15, 0.2) is 48.2 Å². The van der Waals surface area contributed by atoms with Crippen molar-refractivity contribution in [2.45, 2.75) is 6.10 Å². The first-order chi connectivity index (χ1) is 15.0. The quantitative estimate of drug-likeness (QED) is 0.648. The number of benzene rings is 2. The van der Waals surface area contributed by atoms with E-state index in [0.717, 1.165) is 18.7 Å². The Bertz CT molecular complexity index is 996. The number of primary amides is 1. The summed E-state index contributed by atoms with van der Waals surface area (Å²) < 4.78 is 16.6. The zero-order valence-electron chi connectivity index (χ0n) is 17.0. The third kappa shape index (κ3) is 4.93. The third-order valence-electron chi connectivity index (χ3n) is 5.15. The number of allylic oxidation sites excluding steroid dienone is 1. The van der Waals surface area contributed by atoms with Crippen LogP contribution in [0.2, 0.25) is 0 Å². The van der Waals surface area contributed by atoms with E-state index < -0.39 is 12.0 Å². The molecule has 3 N–H and O–H groups in total. The first kappa shape index (κ1) is 21.0. The van der Waals surface area contributed by atoms with Crippen molar-refractivity contribution in [3.63, 3.8) is 0 Å². The lowest BCUT2D eigenvalue weighted by atomic mass is 10.1. The number of Topliss-reactive ketones (excluding diaryl/α,β-unsaturated/α-hetero) is 1. The smallest absolute Gasteiger partial charge is 0.252 e. The van der Waals surface area contributed by atoms with Crippen LogP contribution in [0, 0.1) is 0 Å². The lowest BCUT2D eigenvalue weighted by molar-refractivity contribution is 0.00465. The number of nitrogens with two attached hydrogens (primary N) is 1. The zero-order valence-corrected chi connectivity index (χ0v) is 17.0. The first-order valence-corrected chi connectivity index (χ1v) is 10.1. The van der Waals surface area contributed by atoms with E-state index in [2.05, 4.69) is 4.90 Å². The average molecular weight is 424 g/mol. The third-order valence-corrected chi connectivity index (χ3v) is 5.15. The molecule has 1 atom stereocenters. The van der Waals surface area contributed by atoms with Gasteiger partial charge in [-0.15, -0.1) is 0 Å². The van der Waals surface area contributed by atoms with Crippen molar-refractivity contribution in [3.05, 3.63) is 64.9 Å². The number of para-hydroxylation sites is 1. The Morgan fingerprint density at radius 2 is 1.94 bits per heavy atom. The fraction of sp³-hybridized carbons (Fsp3) is 0.304. The molecule has 0 aromatic heterocycles. The van der Waals surface area contributed by atoms with Crippen LogP contribution in [0.1, 0.15) is 26.3 Å². The van der Waals surface area contributed by atoms with Gasteiger partial charge in [0, 0.05) is 19.6 Å². The summed E-state index contributed by atoms with van der Waals surface area (Å²) in [4.78, 5) is 26.3. The number of aliphatic hydroxyl groups excluding tert-OH is 1. The van der Waals surface area contributed by atoms with Crippen molar-refractivity contribution in [1.29, 1.82) is 0 Å². The maximum absolute atomic E-state index is 12.6. The maximum atomic E-state index is 12.6. The van der Waals surface area contributed by atoms with Crippen molar-refractivity contribution in [2.24, 2.45) is 5.73 Å². The van der Waals surface area contributed by atoms with E-state index in [9.17, 15) is 14.7 Å². The average Bonchev–Trinajstić information content (AvgIpc) is 3.09. The van der Waals surface area contributed by atoms with Crippen molar-refractivity contribution < 1.29 is 28.9 Å². The summed E-state index contributed by atoms with van der Waals surface area (Å²) in [6.07, 6.45) is 1.01. The van der Waals surface area contributed by atoms with Gasteiger partial charge < -0.3 is 25.1 Å². The van der Waals surface area contributed by atoms with Crippen LogP contribution in [-0.2, 0) is 4.74 Å². The zero-order chi connectivity index (χ0) is 21.8. The molecule has 31 heavy (non-hydrogen) atoms. The van der Waals surface area contributed by atoms with Crippen LogP contribution in [-0.4, -0.2) is 67.3 Å². The highest BCUT2D eigenvalue weighted by Crippen LogP contribution is 2.35. The number of fused-ring (bicyclic) bond motifs is 1. The van der Waals surface area contributed by atoms with E-state index in [-0.39, 0.29) is 29.5 Å². The van der Waals surface area contributed by atoms with Gasteiger partial charge in [0.25, 0.3) is 5.91 Å². The number of amides is 1. The van der Waals surface area contributed by atoms with Gasteiger partial charge in [-0.2, -0.15) is 0 Å². The highest BCUT2D eigenvalue weighted by Gasteiger charge is 2.30. The summed E-state index contributed by atoms with van der Waals surface area (Å²) in [6.45, 7) is 3.72. The normalized spacial score (nSPS) is 18.5. The molecule has 2 aliphatic heterocycles. The van der Waals surface area contributed by atoms with Gasteiger partial charge in [-0.1, -0.05) is 18.2 Å². The second kappa shape index (κ2) is 9.30. The number of ketones is 1. The standard InChI is InChI=1S/C23H24N2O6/c24-23(28)19-3-1-2-18-21(27)20(31-22(18)19)12-15-4-6-17(7-5-15)30-14-16(26)13-25-8-10-29-11-9-25/h1-7,12,16,26H,8-11,13-14H2,(H2,24,28)/b20-12-. The second-order valence-corrected chi connectivity index (χ2v) is 7.43. The van der Waals surface area contributed by atoms with Crippen molar-refractivity contribution in [1.82, 2.24) is 4.90 Å². The van der Waals surface area contributed by atoms with E-state index in [1.54, 1.807) is 42.5 Å². The monoisotopic (exact) mass is 424 g/mol. The van der Waals surface area contributed by atoms with E-state index in [1.165, 1.54) is 6.07 Å². The molecule has 2 aliphatic rings. The molecule has 2 aromatic rings. The second-order valence-electron chi connectivity index (χ2n) is 7.43. The van der Waals surface area contributed by atoms with Crippen molar-refractivity contribution in [3.8, 4) is 11.5 Å². The van der Waals surface area contributed by atoms with E-state index in [0.29, 0.717) is 31.1 Å². The number of aliphatic hydroxyl groups is 1. The lowest BCUT2D eigenvalue weighted by Crippen LogP contribution is -2.42. The predicted molar refractivity (Wildman–Crippen MR) is 113 cm³/mol. The van der Waals surface area contributed by atoms with Gasteiger partial charge in [-0.25, -0.2) is 0 Å². The van der Waals surface area contributed by atoms with E-state index in [1.807, 2.05) is 0 Å². The van der Waals surface area contributed by atoms with Crippen molar-refractivity contribution in [2.75, 3.05) is 39.5 Å². The molecule has 1 amide bonds. The number of morpholine rings is 1. The molecular weight excluding hydrogens is 400 g/mol. The number of nitrogens with zero attached hydrogens (tertiary/aromatic N) is 1. The fourth-order valence-electron chi connectivity index (χ4n) is 3.54. The van der Waals surface area contributed by atoms with E-state index in [4.69, 9.17) is 19.9 Å². The number of β-amino-alcohol motifs (C(OH)–C–C–N with tert-alkyl or cyclic N) is 1. The summed E-state index contributed by atoms with van der Waals surface area (Å²) in [7, 11) is 0. The van der Waals surface area contributed by atoms with Crippen LogP contribution in [0.4, 0.5) is 0 Å². The summed E-state index contributed by atoms with van der Waals surface area (Å²) in [5.41, 5.74) is 6.58. The molecule has 8 heteroatoms. The Hall–Kier alpha value is -3.20. The molecule has 4 rings (SSSR count). The SMILES string of the molecule is NC(=O)c1cccc2c1O/C(=C\c1ccc(OCC(O)CN3CCOCC3)cc1)C2=O. The van der Waals surface area contributed by atoms with Crippen LogP contribution in [0.3, 0.4) is 0 Å². The molecule has 2 aromatic carbocycles. The van der Waals surface area contributed by atoms with Gasteiger partial charge in [0.05, 0.1) is 24.3 Å². The Balaban J connectivity index is 1.36. The molecule has 0 radical (unpaired) electrons. The first-order valence-electron chi connectivity index (χ1n) is 10.1. The number of hydrogen-bond acceptors (Lipinski definition) is 7. The van der Waals surface area contributed by atoms with Crippen LogP contribution < -0.4 is 15.2 Å². The molecule has 0 bridgehead atoms. The largest absolute Gasteiger partial charge is 0.491 e. The molecular formula is C23H24N2O6. The van der Waals surface area contributed by atoms with Gasteiger partial charge in [-0.3, -0.25) is 14.5 Å². The Labute approximate surface area is 179 Å². The number of carbonyl (C=O) groups is 2. The van der Waals surface area contributed by atoms with Gasteiger partial charge in [-0.05, 0) is 35.9 Å². The van der Waals surface area contributed by atoms with Gasteiger partial charge >= 0.3 is 0 Å². The number of ether oxygens (including phenoxy) is 3. The van der Waals surface area contributed by atoms with Gasteiger partial charge in [0.1, 0.15) is 18.5 Å². The van der Waals surface area contributed by atoms with Gasteiger partial charge in [0.15, 0.2) is 11.5 Å². The molecule has 0 aliphatic carbocycles. The fourth-order valence-corrected chi connectivity index (χ4v) is 3.54. The highest BCUT2D eigenvalue weighted by molar-refractivity contribution is 6.16. The minimum absolute atomic E-state index is 0.123. The van der Waals surface area contributed by atoms with Crippen LogP contribution >= 0.6 is 0 Å². The molecule has 1 saturated heterocycles. The molecule has 162 valence electrons. The minimum Gasteiger partial charge on any atom is -0.491 e. The van der Waals surface area contributed by atoms with Crippen LogP contribution in [0.25, 0.3) is 6.08 Å². The van der Waals surface area contributed by atoms with Gasteiger partial charge in [0.2, 0.25) is 5.78 Å². The summed E-state index contributed by atoms with van der Waals surface area (Å²) in [6, 6.07) is 11.8. The molecule has 1 unspecified atom stereocenters. The molecule has 0 saturated carbocycles. The van der Waals surface area contributed by atoms with Crippen molar-refractivity contribution >= 4 is 17.8 Å². The summed E-state index contributed by atoms with van der Waals surface area (Å²) in [5, 5.41) is 10.2. The number of hydrogen-bond donors (Lipinski definition) is 2. The Morgan fingerprint density at radius 1 is 1.19 bits per heavy atom. The number of rotatable bonds is 7. The summed E-state index contributed by atoms with van der Waals surface area (Å²) in [5.74, 6) is -0.0206.